The molecule has 2 N–H and O–H groups in total. The maximum Gasteiger partial charge on any atom is 0.453 e. The van der Waals surface area contributed by atoms with Crippen LogP contribution < -0.4 is 5.32 Å². The highest BCUT2D eigenvalue weighted by Gasteiger charge is 2.36. The van der Waals surface area contributed by atoms with Crippen LogP contribution in [-0.4, -0.2) is 42.6 Å². The molecule has 1 unspecified atom stereocenters. The number of amides is 1. The van der Waals surface area contributed by atoms with Gasteiger partial charge in [-0.05, 0) is 32.8 Å². The minimum atomic E-state index is -4.67. The maximum atomic E-state index is 12.8. The first kappa shape index (κ1) is 19.6. The Morgan fingerprint density at radius 1 is 1.27 bits per heavy atom. The van der Waals surface area contributed by atoms with Crippen molar-refractivity contribution in [2.24, 2.45) is 0 Å². The van der Waals surface area contributed by atoms with Gasteiger partial charge in [-0.1, -0.05) is 0 Å². The van der Waals surface area contributed by atoms with Gasteiger partial charge in [0.15, 0.2) is 0 Å². The predicted octanol–water partition coefficient (Wildman–Crippen LogP) is 1.67. The van der Waals surface area contributed by atoms with Crippen LogP contribution in [0.4, 0.5) is 13.2 Å². The number of alkyl halides is 3. The molecule has 0 aromatic carbocycles. The van der Waals surface area contributed by atoms with Gasteiger partial charge in [-0.3, -0.25) is 9.59 Å². The van der Waals surface area contributed by atoms with E-state index in [1.54, 1.807) is 20.8 Å². The molecule has 0 aliphatic rings. The molecular formula is C15H18F3N5O3. The molecule has 0 aliphatic carbocycles. The van der Waals surface area contributed by atoms with Gasteiger partial charge in [0.05, 0.1) is 6.42 Å². The van der Waals surface area contributed by atoms with Crippen LogP contribution in [0.2, 0.25) is 0 Å². The van der Waals surface area contributed by atoms with Crippen LogP contribution in [0.3, 0.4) is 0 Å². The minimum Gasteiger partial charge on any atom is -0.481 e. The van der Waals surface area contributed by atoms with E-state index in [4.69, 9.17) is 5.11 Å². The maximum absolute atomic E-state index is 12.8. The fourth-order valence-corrected chi connectivity index (χ4v) is 2.59. The van der Waals surface area contributed by atoms with Crippen LogP contribution in [-0.2, 0) is 22.2 Å². The van der Waals surface area contributed by atoms with Crippen LogP contribution in [0.1, 0.15) is 42.5 Å². The number of hydrogen-bond donors (Lipinski definition) is 2. The van der Waals surface area contributed by atoms with E-state index in [2.05, 4.69) is 20.4 Å². The summed E-state index contributed by atoms with van der Waals surface area (Å²) in [5, 5.41) is 14.7. The number of rotatable bonds is 6. The SMILES string of the molecule is Cc1nc2nc(C(F)(F)F)nn2c(C)c1CCC(=O)NC(C)CC(=O)O. The Morgan fingerprint density at radius 2 is 1.92 bits per heavy atom. The van der Waals surface area contributed by atoms with Gasteiger partial charge in [0, 0.05) is 23.9 Å². The molecule has 1 atom stereocenters. The van der Waals surface area contributed by atoms with E-state index in [9.17, 15) is 22.8 Å². The zero-order chi connectivity index (χ0) is 19.6. The molecule has 11 heteroatoms. The summed E-state index contributed by atoms with van der Waals surface area (Å²) in [6, 6.07) is -0.521. The second-order valence-electron chi connectivity index (χ2n) is 5.97. The lowest BCUT2D eigenvalue weighted by atomic mass is 10.1. The van der Waals surface area contributed by atoms with E-state index < -0.39 is 24.0 Å². The molecular weight excluding hydrogens is 355 g/mol. The van der Waals surface area contributed by atoms with Crippen LogP contribution in [0.25, 0.3) is 5.78 Å². The lowest BCUT2D eigenvalue weighted by molar-refractivity contribution is -0.144. The molecule has 0 fully saturated rings. The normalized spacial score (nSPS) is 13.0. The van der Waals surface area contributed by atoms with Crippen molar-refractivity contribution < 1.29 is 27.9 Å². The Balaban J connectivity index is 2.17. The molecule has 0 spiro atoms. The van der Waals surface area contributed by atoms with Crippen LogP contribution in [0.15, 0.2) is 0 Å². The van der Waals surface area contributed by atoms with Crippen molar-refractivity contribution in [1.82, 2.24) is 24.9 Å². The van der Waals surface area contributed by atoms with Gasteiger partial charge in [0.1, 0.15) is 0 Å². The van der Waals surface area contributed by atoms with Crippen molar-refractivity contribution in [3.05, 3.63) is 22.8 Å². The van der Waals surface area contributed by atoms with Crippen molar-refractivity contribution in [2.45, 2.75) is 52.3 Å². The molecule has 0 saturated carbocycles. The Labute approximate surface area is 146 Å². The number of carbonyl (C=O) groups excluding carboxylic acids is 1. The number of halogens is 3. The van der Waals surface area contributed by atoms with E-state index in [0.717, 1.165) is 4.52 Å². The predicted molar refractivity (Wildman–Crippen MR) is 83.4 cm³/mol. The Hall–Kier alpha value is -2.72. The number of nitrogens with one attached hydrogen (secondary N) is 1. The number of hydrogen-bond acceptors (Lipinski definition) is 5. The number of aryl methyl sites for hydroxylation is 2. The van der Waals surface area contributed by atoms with Crippen LogP contribution in [0.5, 0.6) is 0 Å². The van der Waals surface area contributed by atoms with E-state index in [0.29, 0.717) is 17.0 Å². The third-order valence-corrected chi connectivity index (χ3v) is 3.79. The smallest absolute Gasteiger partial charge is 0.453 e. The topological polar surface area (TPSA) is 109 Å². The summed E-state index contributed by atoms with van der Waals surface area (Å²) in [5.74, 6) is -2.81. The van der Waals surface area contributed by atoms with Gasteiger partial charge < -0.3 is 10.4 Å². The molecule has 0 aliphatic heterocycles. The van der Waals surface area contributed by atoms with E-state index in [-0.39, 0.29) is 30.9 Å². The Morgan fingerprint density at radius 3 is 2.50 bits per heavy atom. The molecule has 2 aromatic rings. The highest BCUT2D eigenvalue weighted by Crippen LogP contribution is 2.27. The first-order valence-electron chi connectivity index (χ1n) is 7.80. The van der Waals surface area contributed by atoms with Crippen LogP contribution in [0, 0.1) is 13.8 Å². The quantitative estimate of drug-likeness (QED) is 0.797. The molecule has 0 saturated heterocycles. The van der Waals surface area contributed by atoms with Crippen molar-refractivity contribution in [3.63, 3.8) is 0 Å². The fourth-order valence-electron chi connectivity index (χ4n) is 2.59. The standard InChI is InChI=1S/C15H18F3N5O3/c1-7(6-12(25)26)19-11(24)5-4-10-8(2)20-14-21-13(15(16,17)18)22-23(14)9(10)3/h7H,4-6H2,1-3H3,(H,19,24)(H,25,26). The average Bonchev–Trinajstić information content (AvgIpc) is 2.90. The molecule has 2 rings (SSSR count). The molecule has 142 valence electrons. The average molecular weight is 373 g/mol. The van der Waals surface area contributed by atoms with Crippen molar-refractivity contribution in [1.29, 1.82) is 0 Å². The summed E-state index contributed by atoms with van der Waals surface area (Å²) in [7, 11) is 0. The first-order chi connectivity index (χ1) is 12.0. The number of aromatic nitrogens is 4. The number of carboxylic acids is 1. The van der Waals surface area contributed by atoms with Crippen molar-refractivity contribution in [3.8, 4) is 0 Å². The highest BCUT2D eigenvalue weighted by atomic mass is 19.4. The second kappa shape index (κ2) is 7.26. The van der Waals surface area contributed by atoms with Gasteiger partial charge in [-0.2, -0.15) is 18.2 Å². The fraction of sp³-hybridized carbons (Fsp3) is 0.533. The molecule has 26 heavy (non-hydrogen) atoms. The third-order valence-electron chi connectivity index (χ3n) is 3.79. The molecule has 2 aromatic heterocycles. The second-order valence-corrected chi connectivity index (χ2v) is 5.97. The van der Waals surface area contributed by atoms with Crippen molar-refractivity contribution >= 4 is 17.7 Å². The van der Waals surface area contributed by atoms with Crippen LogP contribution >= 0.6 is 0 Å². The highest BCUT2D eigenvalue weighted by molar-refractivity contribution is 5.77. The molecule has 1 amide bonds. The van der Waals surface area contributed by atoms with Gasteiger partial charge >= 0.3 is 12.1 Å². The summed E-state index contributed by atoms with van der Waals surface area (Å²) in [4.78, 5) is 29.9. The first-order valence-corrected chi connectivity index (χ1v) is 7.80. The molecule has 2 heterocycles. The summed E-state index contributed by atoms with van der Waals surface area (Å²) in [6.07, 6.45) is -4.60. The Kier molecular flexibility index (Phi) is 5.47. The summed E-state index contributed by atoms with van der Waals surface area (Å²) < 4.78 is 39.3. The number of carbonyl (C=O) groups is 2. The van der Waals surface area contributed by atoms with E-state index in [1.807, 2.05) is 0 Å². The number of fused-ring (bicyclic) bond motifs is 1. The zero-order valence-corrected chi connectivity index (χ0v) is 14.4. The van der Waals surface area contributed by atoms with Gasteiger partial charge in [0.25, 0.3) is 11.6 Å². The monoisotopic (exact) mass is 373 g/mol. The van der Waals surface area contributed by atoms with Crippen molar-refractivity contribution in [2.75, 3.05) is 0 Å². The minimum absolute atomic E-state index is 0.0413. The van der Waals surface area contributed by atoms with Gasteiger partial charge in [-0.25, -0.2) is 9.50 Å². The lowest BCUT2D eigenvalue weighted by Crippen LogP contribution is -2.34. The number of nitrogens with zero attached hydrogens (tertiary/aromatic N) is 4. The summed E-state index contributed by atoms with van der Waals surface area (Å²) in [6.45, 7) is 4.77. The third kappa shape index (κ3) is 4.46. The zero-order valence-electron chi connectivity index (χ0n) is 14.4. The molecule has 0 bridgehead atoms. The number of carboxylic acid groups (broad SMARTS) is 1. The Bertz CT molecular complexity index is 847. The number of aliphatic carboxylic acids is 1. The molecule has 8 nitrogen and oxygen atoms in total. The van der Waals surface area contributed by atoms with Gasteiger partial charge in [0.2, 0.25) is 5.91 Å². The van der Waals surface area contributed by atoms with E-state index >= 15 is 0 Å². The largest absolute Gasteiger partial charge is 0.481 e. The summed E-state index contributed by atoms with van der Waals surface area (Å²) in [5.41, 5.74) is 1.47. The van der Waals surface area contributed by atoms with E-state index in [1.165, 1.54) is 0 Å². The summed E-state index contributed by atoms with van der Waals surface area (Å²) >= 11 is 0. The lowest BCUT2D eigenvalue weighted by Gasteiger charge is -2.13. The van der Waals surface area contributed by atoms with Gasteiger partial charge in [-0.15, -0.1) is 5.10 Å². The molecule has 0 radical (unpaired) electrons.